The van der Waals surface area contributed by atoms with Gasteiger partial charge in [-0.3, -0.25) is 14.9 Å². The van der Waals surface area contributed by atoms with Crippen molar-refractivity contribution in [1.82, 2.24) is 19.8 Å². The molecular formula is C18H23N5O5S3. The van der Waals surface area contributed by atoms with Crippen LogP contribution in [-0.4, -0.2) is 73.8 Å². The summed E-state index contributed by atoms with van der Waals surface area (Å²) in [4.78, 5) is 24.4. The Kier molecular flexibility index (Phi) is 8.00. The molecule has 10 nitrogen and oxygen atoms in total. The minimum absolute atomic E-state index is 0.000792. The summed E-state index contributed by atoms with van der Waals surface area (Å²) in [5.41, 5.74) is 0.188. The molecule has 1 unspecified atom stereocenters. The number of amides is 2. The summed E-state index contributed by atoms with van der Waals surface area (Å²) in [5.74, 6) is -1.08. The molecule has 1 saturated heterocycles. The van der Waals surface area contributed by atoms with Crippen LogP contribution in [0.25, 0.3) is 0 Å². The molecule has 1 atom stereocenters. The molecule has 1 aliphatic rings. The first-order valence-corrected chi connectivity index (χ1v) is 12.7. The third-order valence-corrected chi connectivity index (χ3v) is 8.23. The molecule has 0 saturated carbocycles. The van der Waals surface area contributed by atoms with Gasteiger partial charge in [0.2, 0.25) is 21.1 Å². The number of carbonyl (C=O) groups excluding carboxylic acids is 2. The molecule has 3 rings (SSSR count). The van der Waals surface area contributed by atoms with Gasteiger partial charge in [0.25, 0.3) is 5.91 Å². The molecular weight excluding hydrogens is 462 g/mol. The van der Waals surface area contributed by atoms with Gasteiger partial charge in [-0.15, -0.1) is 10.2 Å². The van der Waals surface area contributed by atoms with Gasteiger partial charge in [-0.25, -0.2) is 12.7 Å². The predicted molar refractivity (Wildman–Crippen MR) is 118 cm³/mol. The molecule has 0 radical (unpaired) electrons. The van der Waals surface area contributed by atoms with Crippen LogP contribution in [0, 0.1) is 0 Å². The topological polar surface area (TPSA) is 131 Å². The minimum atomic E-state index is -3.58. The number of anilines is 1. The van der Waals surface area contributed by atoms with E-state index < -0.39 is 21.8 Å². The van der Waals surface area contributed by atoms with E-state index in [0.717, 1.165) is 23.8 Å². The fourth-order valence-electron chi connectivity index (χ4n) is 2.70. The molecule has 1 aromatic heterocycles. The molecule has 2 amide bonds. The van der Waals surface area contributed by atoms with Gasteiger partial charge >= 0.3 is 0 Å². The SMILES string of the molecule is CN(C)S(=O)(=O)c1ccc(C(=O)NC(=O)CSc2nnc(NCC3CCCO3)s2)cc1. The maximum absolute atomic E-state index is 12.2. The Hall–Kier alpha value is -2.06. The molecule has 2 aromatic rings. The van der Waals surface area contributed by atoms with Crippen LogP contribution in [-0.2, 0) is 19.6 Å². The number of hydrogen-bond acceptors (Lipinski definition) is 10. The third kappa shape index (κ3) is 6.46. The van der Waals surface area contributed by atoms with Gasteiger partial charge in [-0.1, -0.05) is 23.1 Å². The molecule has 1 fully saturated rings. The van der Waals surface area contributed by atoms with Crippen molar-refractivity contribution in [2.24, 2.45) is 0 Å². The standard InChI is InChI=1S/C18H23N5O5S3/c1-23(2)31(26,27)14-7-5-12(6-8-14)16(25)20-15(24)11-29-18-22-21-17(30-18)19-10-13-4-3-9-28-13/h5-8,13H,3-4,9-11H2,1-2H3,(H,19,21)(H,20,24,25). The van der Waals surface area contributed by atoms with E-state index in [1.807, 2.05) is 0 Å². The number of ether oxygens (including phenoxy) is 1. The molecule has 2 heterocycles. The second-order valence-corrected chi connectivity index (χ2v) is 11.2. The highest BCUT2D eigenvalue weighted by Gasteiger charge is 2.19. The van der Waals surface area contributed by atoms with Crippen LogP contribution in [0.2, 0.25) is 0 Å². The molecule has 1 aromatic carbocycles. The second kappa shape index (κ2) is 10.5. The van der Waals surface area contributed by atoms with E-state index >= 15 is 0 Å². The maximum atomic E-state index is 12.2. The Morgan fingerprint density at radius 1 is 1.26 bits per heavy atom. The summed E-state index contributed by atoms with van der Waals surface area (Å²) < 4.78 is 31.4. The van der Waals surface area contributed by atoms with Gasteiger partial charge in [0.15, 0.2) is 4.34 Å². The third-order valence-electron chi connectivity index (χ3n) is 4.39. The zero-order chi connectivity index (χ0) is 22.4. The van der Waals surface area contributed by atoms with Gasteiger partial charge in [0.1, 0.15) is 0 Å². The Labute approximate surface area is 188 Å². The van der Waals surface area contributed by atoms with Crippen molar-refractivity contribution in [3.05, 3.63) is 29.8 Å². The normalized spacial score (nSPS) is 16.4. The number of aromatic nitrogens is 2. The average molecular weight is 486 g/mol. The first kappa shape index (κ1) is 23.6. The molecule has 0 spiro atoms. The lowest BCUT2D eigenvalue weighted by molar-refractivity contribution is -0.117. The van der Waals surface area contributed by atoms with Gasteiger partial charge in [-0.05, 0) is 37.1 Å². The molecule has 1 aliphatic heterocycles. The number of hydrogen-bond donors (Lipinski definition) is 2. The number of imide groups is 1. The summed E-state index contributed by atoms with van der Waals surface area (Å²) >= 11 is 2.51. The van der Waals surface area contributed by atoms with Crippen LogP contribution in [0.4, 0.5) is 5.13 Å². The summed E-state index contributed by atoms with van der Waals surface area (Å²) in [6, 6.07) is 5.39. The van der Waals surface area contributed by atoms with Crippen molar-refractivity contribution in [3.8, 4) is 0 Å². The Morgan fingerprint density at radius 2 is 2.00 bits per heavy atom. The average Bonchev–Trinajstić information content (AvgIpc) is 3.42. The van der Waals surface area contributed by atoms with Crippen LogP contribution >= 0.6 is 23.1 Å². The highest BCUT2D eigenvalue weighted by Crippen LogP contribution is 2.25. The number of benzene rings is 1. The van der Waals surface area contributed by atoms with Gasteiger partial charge < -0.3 is 10.1 Å². The van der Waals surface area contributed by atoms with E-state index in [1.165, 1.54) is 61.5 Å². The summed E-state index contributed by atoms with van der Waals surface area (Å²) in [6.07, 6.45) is 2.28. The van der Waals surface area contributed by atoms with Crippen molar-refractivity contribution >= 4 is 50.1 Å². The van der Waals surface area contributed by atoms with Crippen LogP contribution in [0.3, 0.4) is 0 Å². The monoisotopic (exact) mass is 485 g/mol. The molecule has 31 heavy (non-hydrogen) atoms. The molecule has 0 bridgehead atoms. The largest absolute Gasteiger partial charge is 0.376 e. The quantitative estimate of drug-likeness (QED) is 0.506. The number of rotatable bonds is 9. The van der Waals surface area contributed by atoms with E-state index in [2.05, 4.69) is 20.8 Å². The minimum Gasteiger partial charge on any atom is -0.376 e. The molecule has 13 heteroatoms. The molecule has 2 N–H and O–H groups in total. The van der Waals surface area contributed by atoms with E-state index in [0.29, 0.717) is 16.0 Å². The number of thioether (sulfide) groups is 1. The van der Waals surface area contributed by atoms with Crippen molar-refractivity contribution in [3.63, 3.8) is 0 Å². The summed E-state index contributed by atoms with van der Waals surface area (Å²) in [5, 5.41) is 14.2. The summed E-state index contributed by atoms with van der Waals surface area (Å²) in [6.45, 7) is 1.46. The van der Waals surface area contributed by atoms with Gasteiger partial charge in [0, 0.05) is 32.8 Å². The van der Waals surface area contributed by atoms with Crippen molar-refractivity contribution in [1.29, 1.82) is 0 Å². The summed E-state index contributed by atoms with van der Waals surface area (Å²) in [7, 11) is -0.733. The lowest BCUT2D eigenvalue weighted by atomic mass is 10.2. The molecule has 0 aliphatic carbocycles. The van der Waals surface area contributed by atoms with Gasteiger partial charge in [-0.2, -0.15) is 0 Å². The first-order valence-electron chi connectivity index (χ1n) is 9.44. The van der Waals surface area contributed by atoms with E-state index in [-0.39, 0.29) is 22.3 Å². The van der Waals surface area contributed by atoms with E-state index in [1.54, 1.807) is 0 Å². The van der Waals surface area contributed by atoms with Crippen molar-refractivity contribution < 1.29 is 22.7 Å². The lowest BCUT2D eigenvalue weighted by Gasteiger charge is -2.11. The zero-order valence-corrected chi connectivity index (χ0v) is 19.5. The number of sulfonamides is 1. The van der Waals surface area contributed by atoms with Crippen LogP contribution in [0.1, 0.15) is 23.2 Å². The number of nitrogens with one attached hydrogen (secondary N) is 2. The van der Waals surface area contributed by atoms with Crippen LogP contribution < -0.4 is 10.6 Å². The highest BCUT2D eigenvalue weighted by molar-refractivity contribution is 8.01. The number of carbonyl (C=O) groups is 2. The number of nitrogens with zero attached hydrogens (tertiary/aromatic N) is 3. The maximum Gasteiger partial charge on any atom is 0.257 e. The zero-order valence-electron chi connectivity index (χ0n) is 17.0. The smallest absolute Gasteiger partial charge is 0.257 e. The highest BCUT2D eigenvalue weighted by atomic mass is 32.2. The Morgan fingerprint density at radius 3 is 2.65 bits per heavy atom. The fourth-order valence-corrected chi connectivity index (χ4v) is 5.16. The lowest BCUT2D eigenvalue weighted by Crippen LogP contribution is -2.31. The van der Waals surface area contributed by atoms with E-state index in [4.69, 9.17) is 4.74 Å². The van der Waals surface area contributed by atoms with Crippen molar-refractivity contribution in [2.75, 3.05) is 38.3 Å². The Balaban J connectivity index is 1.45. The Bertz CT molecular complexity index is 1020. The first-order chi connectivity index (χ1) is 14.8. The second-order valence-electron chi connectivity index (χ2n) is 6.87. The fraction of sp³-hybridized carbons (Fsp3) is 0.444. The predicted octanol–water partition coefficient (Wildman–Crippen LogP) is 1.43. The van der Waals surface area contributed by atoms with E-state index in [9.17, 15) is 18.0 Å². The molecule has 168 valence electrons. The van der Waals surface area contributed by atoms with Gasteiger partial charge in [0.05, 0.1) is 16.8 Å². The van der Waals surface area contributed by atoms with Crippen LogP contribution in [0.5, 0.6) is 0 Å². The van der Waals surface area contributed by atoms with Crippen LogP contribution in [0.15, 0.2) is 33.5 Å². The van der Waals surface area contributed by atoms with Crippen molar-refractivity contribution in [2.45, 2.75) is 28.2 Å².